The van der Waals surface area contributed by atoms with E-state index < -0.39 is 137 Å². The molecule has 1 saturated heterocycles. The second-order valence-corrected chi connectivity index (χ2v) is 19.3. The Morgan fingerprint density at radius 3 is 2.03 bits per heavy atom. The lowest BCUT2D eigenvalue weighted by Crippen LogP contribution is -2.82. The minimum atomic E-state index is -2.50. The summed E-state index contributed by atoms with van der Waals surface area (Å²) in [6, 6.07) is 22.3. The quantitative estimate of drug-likeness (QED) is 0.0731. The second kappa shape index (κ2) is 20.9. The van der Waals surface area contributed by atoms with Crippen molar-refractivity contribution in [2.75, 3.05) is 13.2 Å². The minimum Gasteiger partial charge on any atom is -0.455 e. The van der Waals surface area contributed by atoms with Crippen LogP contribution in [0.5, 0.6) is 0 Å². The molecule has 3 aromatic carbocycles. The SMILES string of the molecule is C#CCNC(=O)CCC(=O)O[C@@H](C(=O)OC1C[C@@]2(O)C(OC(=O)c3ccccc3)[C@@H]3[C@]4(OC(C)=O)CO[C@@H]4C[C@H](O)[C@@]3(C)C(=O)[C@H](OC(C)=O)C(=C1C)C2(C)C)[C@@H](NC(=O)c1ccccc1)c1ccccc1. The van der Waals surface area contributed by atoms with Crippen LogP contribution in [0.1, 0.15) is 99.5 Å². The van der Waals surface area contributed by atoms with Crippen molar-refractivity contribution < 1.29 is 77.0 Å². The molecular formula is C54H58N2O16. The third kappa shape index (κ3) is 9.76. The molecule has 2 amide bonds. The molecule has 3 aromatic rings. The Morgan fingerprint density at radius 1 is 0.847 bits per heavy atom. The maximum Gasteiger partial charge on any atom is 0.350 e. The fraction of sp³-hybridized carbons (Fsp3) is 0.444. The highest BCUT2D eigenvalue weighted by molar-refractivity contribution is 5.96. The van der Waals surface area contributed by atoms with Crippen LogP contribution in [0.15, 0.2) is 102 Å². The van der Waals surface area contributed by atoms with Crippen molar-refractivity contribution in [2.45, 2.75) is 121 Å². The summed E-state index contributed by atoms with van der Waals surface area (Å²) in [6.07, 6.45) is -6.71. The van der Waals surface area contributed by atoms with Crippen molar-refractivity contribution in [3.8, 4) is 12.3 Å². The zero-order valence-corrected chi connectivity index (χ0v) is 40.7. The van der Waals surface area contributed by atoms with Crippen LogP contribution in [0.25, 0.3) is 0 Å². The van der Waals surface area contributed by atoms with Crippen molar-refractivity contribution in [2.24, 2.45) is 16.7 Å². The van der Waals surface area contributed by atoms with Gasteiger partial charge in [0.05, 0.1) is 42.6 Å². The van der Waals surface area contributed by atoms with Gasteiger partial charge < -0.3 is 49.3 Å². The number of carbonyl (C=O) groups is 8. The summed E-state index contributed by atoms with van der Waals surface area (Å²) in [5.41, 5.74) is -7.69. The molecule has 3 aliphatic carbocycles. The van der Waals surface area contributed by atoms with Gasteiger partial charge in [-0.25, -0.2) is 9.59 Å². The minimum absolute atomic E-state index is 0.0273. The number of terminal acetylenes is 1. The summed E-state index contributed by atoms with van der Waals surface area (Å²) in [5.74, 6) is -6.60. The van der Waals surface area contributed by atoms with Crippen LogP contribution in [0.2, 0.25) is 0 Å². The molecule has 1 heterocycles. The number of Topliss-reactive ketones (excluding diaryl/α,β-unsaturated/α-hetero) is 1. The van der Waals surface area contributed by atoms with E-state index in [9.17, 15) is 39.0 Å². The van der Waals surface area contributed by atoms with Crippen LogP contribution in [-0.4, -0.2) is 119 Å². The Balaban J connectivity index is 1.40. The van der Waals surface area contributed by atoms with Crippen LogP contribution in [0.4, 0.5) is 0 Å². The van der Waals surface area contributed by atoms with E-state index in [2.05, 4.69) is 16.6 Å². The number of hydrogen-bond donors (Lipinski definition) is 4. The molecule has 2 bridgehead atoms. The molecule has 2 unspecified atom stereocenters. The first-order valence-corrected chi connectivity index (χ1v) is 23.5. The Bertz CT molecular complexity index is 2680. The third-order valence-electron chi connectivity index (χ3n) is 14.7. The first kappa shape index (κ1) is 52.6. The number of hydrogen-bond acceptors (Lipinski definition) is 16. The number of rotatable bonds is 15. The number of nitrogens with one attached hydrogen (secondary N) is 2. The van der Waals surface area contributed by atoms with Gasteiger partial charge in [-0.15, -0.1) is 6.42 Å². The highest BCUT2D eigenvalue weighted by Gasteiger charge is 2.78. The Morgan fingerprint density at radius 2 is 1.46 bits per heavy atom. The molecule has 1 aliphatic heterocycles. The highest BCUT2D eigenvalue weighted by atomic mass is 16.6. The second-order valence-electron chi connectivity index (χ2n) is 19.3. The van der Waals surface area contributed by atoms with Crippen molar-refractivity contribution in [1.29, 1.82) is 0 Å². The molecule has 0 aromatic heterocycles. The van der Waals surface area contributed by atoms with E-state index in [1.165, 1.54) is 52.0 Å². The summed E-state index contributed by atoms with van der Waals surface area (Å²) in [7, 11) is 0. The van der Waals surface area contributed by atoms with Gasteiger partial charge in [-0.2, -0.15) is 0 Å². The normalized spacial score (nSPS) is 28.7. The van der Waals surface area contributed by atoms with E-state index in [0.29, 0.717) is 0 Å². The van der Waals surface area contributed by atoms with E-state index in [1.54, 1.807) is 66.7 Å². The zero-order chi connectivity index (χ0) is 52.3. The standard InChI is InChI=1S/C54H58N2O16/c1-8-26-55-39(60)24-25-40(61)70-44(42(33-18-12-9-13-19-33)56-48(63)34-20-14-10-15-21-34)50(65)69-36-28-54(66)47(71-49(64)35-22-16-11-17-23-35)45-52(7,37(59)27-38-53(45,29-67-38)72-32(4)58)46(62)43(68-31(3)57)41(30(36)2)51(54,5)6/h1,9-23,36-38,42-45,47,59,66H,24-29H2,2-7H3,(H,55,60)(H,56,63)/t36?,37-,38+,42-,43+,44+,45-,47?,52+,53-,54+/m0/s1. The number of esters is 5. The maximum atomic E-state index is 15.7. The number of fused-ring (bicyclic) bond motifs is 5. The fourth-order valence-corrected chi connectivity index (χ4v) is 10.9. The van der Waals surface area contributed by atoms with Gasteiger partial charge in [0.15, 0.2) is 17.5 Å². The van der Waals surface area contributed by atoms with E-state index in [-0.39, 0.29) is 47.4 Å². The van der Waals surface area contributed by atoms with Crippen LogP contribution >= 0.6 is 0 Å². The average molecular weight is 991 g/mol. The summed E-state index contributed by atoms with van der Waals surface area (Å²) in [5, 5.41) is 31.4. The number of carbonyl (C=O) groups excluding carboxylic acids is 8. The lowest BCUT2D eigenvalue weighted by Gasteiger charge is -2.67. The highest BCUT2D eigenvalue weighted by Crippen LogP contribution is 2.64. The zero-order valence-electron chi connectivity index (χ0n) is 40.7. The Hall–Kier alpha value is -7.20. The fourth-order valence-electron chi connectivity index (χ4n) is 10.9. The third-order valence-corrected chi connectivity index (χ3v) is 14.7. The number of ether oxygens (including phenoxy) is 6. The maximum absolute atomic E-state index is 15.7. The first-order chi connectivity index (χ1) is 34.1. The van der Waals surface area contributed by atoms with Gasteiger partial charge in [-0.3, -0.25) is 28.8 Å². The molecule has 3 fully saturated rings. The molecule has 18 heteroatoms. The largest absolute Gasteiger partial charge is 0.455 e. The molecule has 11 atom stereocenters. The van der Waals surface area contributed by atoms with Gasteiger partial charge in [-0.05, 0) is 54.8 Å². The van der Waals surface area contributed by atoms with Crippen LogP contribution in [-0.2, 0) is 57.2 Å². The summed E-state index contributed by atoms with van der Waals surface area (Å²) < 4.78 is 36.6. The lowest BCUT2D eigenvalue weighted by molar-refractivity contribution is -0.346. The summed E-state index contributed by atoms with van der Waals surface area (Å²) in [4.78, 5) is 112. The van der Waals surface area contributed by atoms with E-state index >= 15 is 9.59 Å². The summed E-state index contributed by atoms with van der Waals surface area (Å²) >= 11 is 0. The molecule has 380 valence electrons. The summed E-state index contributed by atoms with van der Waals surface area (Å²) in [6.45, 7) is 7.64. The number of benzene rings is 3. The molecule has 0 radical (unpaired) electrons. The van der Waals surface area contributed by atoms with Gasteiger partial charge in [-0.1, -0.05) is 86.5 Å². The van der Waals surface area contributed by atoms with Gasteiger partial charge in [0.1, 0.15) is 30.0 Å². The Labute approximate surface area is 416 Å². The average Bonchev–Trinajstić information content (AvgIpc) is 3.35. The van der Waals surface area contributed by atoms with Crippen molar-refractivity contribution in [3.05, 3.63) is 119 Å². The first-order valence-electron chi connectivity index (χ1n) is 23.5. The van der Waals surface area contributed by atoms with Crippen LogP contribution in [0.3, 0.4) is 0 Å². The molecular weight excluding hydrogens is 933 g/mol. The van der Waals surface area contributed by atoms with Crippen molar-refractivity contribution in [3.63, 3.8) is 0 Å². The van der Waals surface area contributed by atoms with Crippen molar-refractivity contribution >= 4 is 47.4 Å². The predicted octanol–water partition coefficient (Wildman–Crippen LogP) is 3.82. The van der Waals surface area contributed by atoms with Gasteiger partial charge in [0.25, 0.3) is 5.91 Å². The lowest BCUT2D eigenvalue weighted by atomic mass is 9.44. The smallest absolute Gasteiger partial charge is 0.350 e. The monoisotopic (exact) mass is 990 g/mol. The van der Waals surface area contributed by atoms with E-state index in [1.807, 2.05) is 0 Å². The predicted molar refractivity (Wildman–Crippen MR) is 253 cm³/mol. The molecule has 0 spiro atoms. The van der Waals surface area contributed by atoms with Gasteiger partial charge in [0, 0.05) is 44.1 Å². The molecule has 7 rings (SSSR count). The number of aliphatic hydroxyl groups is 2. The van der Waals surface area contributed by atoms with Crippen LogP contribution in [0, 0.1) is 29.1 Å². The molecule has 4 N–H and O–H groups in total. The van der Waals surface area contributed by atoms with Gasteiger partial charge in [0.2, 0.25) is 12.0 Å². The van der Waals surface area contributed by atoms with E-state index in [0.717, 1.165) is 13.8 Å². The molecule has 18 nitrogen and oxygen atoms in total. The molecule has 72 heavy (non-hydrogen) atoms. The molecule has 2 saturated carbocycles. The number of amides is 2. The Kier molecular flexibility index (Phi) is 15.3. The molecule has 4 aliphatic rings. The number of ketones is 1. The van der Waals surface area contributed by atoms with Crippen LogP contribution < -0.4 is 10.6 Å². The number of aliphatic hydroxyl groups excluding tert-OH is 1. The van der Waals surface area contributed by atoms with E-state index in [4.69, 9.17) is 34.8 Å². The van der Waals surface area contributed by atoms with Crippen molar-refractivity contribution in [1.82, 2.24) is 10.6 Å². The van der Waals surface area contributed by atoms with Gasteiger partial charge >= 0.3 is 29.8 Å². The topological polar surface area (TPSA) is 256 Å².